The molecule has 1 unspecified atom stereocenters. The molecule has 0 bridgehead atoms. The maximum atomic E-state index is 12.9. The van der Waals surface area contributed by atoms with Crippen LogP contribution in [0.2, 0.25) is 0 Å². The fourth-order valence-electron chi connectivity index (χ4n) is 6.39. The third kappa shape index (κ3) is 40.6. The molecule has 0 aromatic rings. The Bertz CT molecular complexity index is 1050. The number of hydrogen-bond acceptors (Lipinski definition) is 5. The smallest absolute Gasteiger partial charge is 0.391 e. The maximum Gasteiger partial charge on any atom is 0.472 e. The minimum absolute atomic E-state index is 0.0630. The highest BCUT2D eigenvalue weighted by atomic mass is 31.2. The van der Waals surface area contributed by atoms with Gasteiger partial charge in [-0.15, -0.1) is 0 Å². The van der Waals surface area contributed by atoms with Crippen LogP contribution in [-0.4, -0.2) is 73.4 Å². The number of amides is 1. The largest absolute Gasteiger partial charge is 0.472 e. The van der Waals surface area contributed by atoms with Crippen molar-refractivity contribution in [1.29, 1.82) is 0 Å². The summed E-state index contributed by atoms with van der Waals surface area (Å²) in [6.07, 6.45) is 48.6. The van der Waals surface area contributed by atoms with Crippen LogP contribution in [0.3, 0.4) is 0 Å². The zero-order valence-electron chi connectivity index (χ0n) is 37.1. The van der Waals surface area contributed by atoms with Crippen molar-refractivity contribution in [3.05, 3.63) is 48.6 Å². The zero-order chi connectivity index (χ0) is 41.4. The van der Waals surface area contributed by atoms with Gasteiger partial charge in [0.15, 0.2) is 0 Å². The number of phosphoric ester groups is 1. The second-order valence-electron chi connectivity index (χ2n) is 16.8. The van der Waals surface area contributed by atoms with Gasteiger partial charge in [0.25, 0.3) is 0 Å². The van der Waals surface area contributed by atoms with Crippen LogP contribution in [0.1, 0.15) is 194 Å². The van der Waals surface area contributed by atoms with Crippen LogP contribution in [0.4, 0.5) is 0 Å². The molecule has 0 fully saturated rings. The molecule has 56 heavy (non-hydrogen) atoms. The summed E-state index contributed by atoms with van der Waals surface area (Å²) in [7, 11) is 1.58. The Morgan fingerprint density at radius 1 is 0.607 bits per heavy atom. The molecular weight excluding hydrogens is 719 g/mol. The molecule has 0 saturated heterocycles. The fourth-order valence-corrected chi connectivity index (χ4v) is 7.13. The third-order valence-corrected chi connectivity index (χ3v) is 11.1. The number of likely N-dealkylation sites (N-methyl/N-ethyl adjacent to an activating group) is 1. The number of allylic oxidation sites excluding steroid dienone is 8. The summed E-state index contributed by atoms with van der Waals surface area (Å²) >= 11 is 0. The van der Waals surface area contributed by atoms with Gasteiger partial charge in [-0.3, -0.25) is 13.8 Å². The van der Waals surface area contributed by atoms with Gasteiger partial charge >= 0.3 is 7.82 Å². The Labute approximate surface area is 346 Å². The highest BCUT2D eigenvalue weighted by Crippen LogP contribution is 2.43. The summed E-state index contributed by atoms with van der Waals surface area (Å²) in [5.41, 5.74) is 0. The summed E-state index contributed by atoms with van der Waals surface area (Å²) in [6.45, 7) is 4.83. The molecule has 3 N–H and O–H groups in total. The number of aliphatic hydroxyl groups is 1. The molecule has 0 heterocycles. The molecule has 0 radical (unpaired) electrons. The first-order chi connectivity index (χ1) is 27.0. The number of nitrogens with zero attached hydrogens (tertiary/aromatic N) is 1. The van der Waals surface area contributed by atoms with E-state index in [0.29, 0.717) is 30.3 Å². The third-order valence-electron chi connectivity index (χ3n) is 10.1. The highest BCUT2D eigenvalue weighted by molar-refractivity contribution is 7.47. The lowest BCUT2D eigenvalue weighted by Gasteiger charge is -2.26. The van der Waals surface area contributed by atoms with E-state index in [9.17, 15) is 19.4 Å². The van der Waals surface area contributed by atoms with Crippen LogP contribution in [-0.2, 0) is 18.4 Å². The molecule has 0 aliphatic rings. The lowest BCUT2D eigenvalue weighted by molar-refractivity contribution is -0.870. The molecule has 0 aliphatic carbocycles. The van der Waals surface area contributed by atoms with Gasteiger partial charge in [-0.2, -0.15) is 0 Å². The normalized spacial score (nSPS) is 14.8. The number of nitrogens with one attached hydrogen (secondary N) is 1. The van der Waals surface area contributed by atoms with E-state index in [1.165, 1.54) is 116 Å². The molecule has 0 saturated carbocycles. The molecule has 9 heteroatoms. The molecule has 8 nitrogen and oxygen atoms in total. The van der Waals surface area contributed by atoms with E-state index in [1.807, 2.05) is 21.1 Å². The van der Waals surface area contributed by atoms with E-state index in [0.717, 1.165) is 44.9 Å². The molecule has 3 atom stereocenters. The molecule has 1 amide bonds. The summed E-state index contributed by atoms with van der Waals surface area (Å²) in [5, 5.41) is 13.9. The average Bonchev–Trinajstić information content (AvgIpc) is 3.15. The van der Waals surface area contributed by atoms with Crippen molar-refractivity contribution in [2.75, 3.05) is 40.9 Å². The van der Waals surface area contributed by atoms with Crippen molar-refractivity contribution in [2.24, 2.45) is 0 Å². The Morgan fingerprint density at radius 3 is 1.48 bits per heavy atom. The monoisotopic (exact) mass is 810 g/mol. The number of aliphatic hydroxyl groups excluding tert-OH is 1. The van der Waals surface area contributed by atoms with Crippen molar-refractivity contribution in [3.8, 4) is 0 Å². The topological polar surface area (TPSA) is 105 Å². The second-order valence-corrected chi connectivity index (χ2v) is 18.2. The summed E-state index contributed by atoms with van der Waals surface area (Å²) < 4.78 is 23.6. The van der Waals surface area contributed by atoms with Gasteiger partial charge in [-0.05, 0) is 51.4 Å². The lowest BCUT2D eigenvalue weighted by atomic mass is 10.0. The predicted octanol–water partition coefficient (Wildman–Crippen LogP) is 12.9. The van der Waals surface area contributed by atoms with E-state index >= 15 is 0 Å². The van der Waals surface area contributed by atoms with Gasteiger partial charge in [-0.25, -0.2) is 4.57 Å². The van der Waals surface area contributed by atoms with Crippen LogP contribution in [0.15, 0.2) is 48.6 Å². The Hall–Kier alpha value is -1.54. The highest BCUT2D eigenvalue weighted by Gasteiger charge is 2.28. The first-order valence-corrected chi connectivity index (χ1v) is 24.5. The molecule has 0 spiro atoms. The first-order valence-electron chi connectivity index (χ1n) is 23.0. The number of rotatable bonds is 41. The average molecular weight is 810 g/mol. The van der Waals surface area contributed by atoms with Gasteiger partial charge in [0.05, 0.1) is 39.9 Å². The van der Waals surface area contributed by atoms with Crippen LogP contribution in [0, 0.1) is 0 Å². The standard InChI is InChI=1S/C47H89N2O6P/c1-6-8-10-12-14-16-18-20-21-22-23-24-25-26-27-29-31-33-35-37-39-41-47(51)48-45(44-55-56(52,53)54-43-42-49(3,4)5)46(50)40-38-36-34-32-30-28-19-17-15-13-11-9-7-2/h21-22,24-25,27,29,33,35,45-46,50H,6-20,23,26,28,30-32,34,36-44H2,1-5H3,(H-,48,51,52,53)/p+1/b22-21+,25-24+,29-27+,35-33+/t45-,46+/m0/s1. The van der Waals surface area contributed by atoms with Crippen molar-refractivity contribution in [2.45, 2.75) is 206 Å². The van der Waals surface area contributed by atoms with E-state index < -0.39 is 20.0 Å². The summed E-state index contributed by atoms with van der Waals surface area (Å²) in [6, 6.07) is -0.789. The molecule has 0 rings (SSSR count). The van der Waals surface area contributed by atoms with E-state index in [4.69, 9.17) is 9.05 Å². The van der Waals surface area contributed by atoms with Crippen LogP contribution >= 0.6 is 7.82 Å². The van der Waals surface area contributed by atoms with Crippen LogP contribution < -0.4 is 5.32 Å². The number of phosphoric acid groups is 1. The van der Waals surface area contributed by atoms with E-state index in [2.05, 4.69) is 67.8 Å². The van der Waals surface area contributed by atoms with Crippen molar-refractivity contribution in [3.63, 3.8) is 0 Å². The zero-order valence-corrected chi connectivity index (χ0v) is 38.0. The minimum atomic E-state index is -4.33. The predicted molar refractivity (Wildman–Crippen MR) is 240 cm³/mol. The molecule has 0 aromatic carbocycles. The van der Waals surface area contributed by atoms with Crippen LogP contribution in [0.5, 0.6) is 0 Å². The number of quaternary nitrogens is 1. The first kappa shape index (κ1) is 54.5. The quantitative estimate of drug-likeness (QED) is 0.0246. The molecule has 328 valence electrons. The van der Waals surface area contributed by atoms with Gasteiger partial charge in [0.1, 0.15) is 13.2 Å². The lowest BCUT2D eigenvalue weighted by Crippen LogP contribution is -2.46. The van der Waals surface area contributed by atoms with E-state index in [-0.39, 0.29) is 19.1 Å². The number of hydrogen-bond donors (Lipinski definition) is 3. The van der Waals surface area contributed by atoms with Gasteiger partial charge < -0.3 is 19.8 Å². The van der Waals surface area contributed by atoms with Gasteiger partial charge in [0.2, 0.25) is 5.91 Å². The Balaban J connectivity index is 4.44. The molecular formula is C47H90N2O6P+. The van der Waals surface area contributed by atoms with Gasteiger partial charge in [-0.1, -0.05) is 184 Å². The van der Waals surface area contributed by atoms with Crippen molar-refractivity contribution < 1.29 is 32.9 Å². The number of unbranched alkanes of at least 4 members (excludes halogenated alkanes) is 20. The fraction of sp³-hybridized carbons (Fsp3) is 0.809. The Kier molecular flexibility index (Phi) is 37.9. The molecule has 0 aromatic heterocycles. The summed E-state index contributed by atoms with van der Waals surface area (Å²) in [4.78, 5) is 23.1. The minimum Gasteiger partial charge on any atom is -0.391 e. The van der Waals surface area contributed by atoms with E-state index in [1.54, 1.807) is 0 Å². The maximum absolute atomic E-state index is 12.9. The molecule has 0 aliphatic heterocycles. The number of carbonyl (C=O) groups excluding carboxylic acids is 1. The SMILES string of the molecule is CCCCCCCCC/C=C/C/C=C/C/C=C/C/C=C/CCCC(=O)N[C@@H](COP(=O)(O)OCC[N+](C)(C)C)[C@H](O)CCCCCCCCCCCCCCC. The van der Waals surface area contributed by atoms with Crippen molar-refractivity contribution >= 4 is 13.7 Å². The van der Waals surface area contributed by atoms with Crippen LogP contribution in [0.25, 0.3) is 0 Å². The Morgan fingerprint density at radius 2 is 1.02 bits per heavy atom. The number of carbonyl (C=O) groups is 1. The summed E-state index contributed by atoms with van der Waals surface area (Å²) in [5.74, 6) is -0.200. The van der Waals surface area contributed by atoms with Crippen molar-refractivity contribution in [1.82, 2.24) is 5.32 Å². The second kappa shape index (κ2) is 38.9. The van der Waals surface area contributed by atoms with Gasteiger partial charge in [0, 0.05) is 6.42 Å².